The Morgan fingerprint density at radius 2 is 2.37 bits per heavy atom. The topological polar surface area (TPSA) is 58.6 Å². The monoisotopic (exact) mass is 289 g/mol. The number of hydrogen-bond donors (Lipinski definition) is 2. The third-order valence-electron chi connectivity index (χ3n) is 2.77. The predicted octanol–water partition coefficient (Wildman–Crippen LogP) is 1.83. The quantitative estimate of drug-likeness (QED) is 0.752. The summed E-state index contributed by atoms with van der Waals surface area (Å²) in [5.74, 6) is -0.877. The van der Waals surface area contributed by atoms with Crippen LogP contribution < -0.4 is 5.32 Å². The second-order valence-corrected chi connectivity index (χ2v) is 5.52. The van der Waals surface area contributed by atoms with Crippen LogP contribution in [0, 0.1) is 0 Å². The highest BCUT2D eigenvalue weighted by atomic mass is 32.1. The Hall–Kier alpha value is -0.980. The molecule has 19 heavy (non-hydrogen) atoms. The van der Waals surface area contributed by atoms with Crippen molar-refractivity contribution in [3.63, 3.8) is 0 Å². The van der Waals surface area contributed by atoms with Crippen molar-refractivity contribution in [1.29, 1.82) is 0 Å². The maximum absolute atomic E-state index is 13.7. The number of esters is 1. The lowest BCUT2D eigenvalue weighted by molar-refractivity contribution is -0.150. The van der Waals surface area contributed by atoms with E-state index in [-0.39, 0.29) is 13.2 Å². The fraction of sp³-hybridized carbons (Fsp3) is 0.615. The van der Waals surface area contributed by atoms with Crippen LogP contribution in [0.2, 0.25) is 0 Å². The molecule has 1 rings (SSSR count). The van der Waals surface area contributed by atoms with Crippen LogP contribution in [0.1, 0.15) is 25.6 Å². The first-order chi connectivity index (χ1) is 8.88. The highest BCUT2D eigenvalue weighted by Gasteiger charge is 2.29. The third-order valence-corrected chi connectivity index (χ3v) is 3.89. The summed E-state index contributed by atoms with van der Waals surface area (Å²) >= 11 is 1.43. The molecule has 0 saturated heterocycles. The van der Waals surface area contributed by atoms with Gasteiger partial charge < -0.3 is 15.2 Å². The Morgan fingerprint density at radius 3 is 2.89 bits per heavy atom. The molecule has 1 heterocycles. The van der Waals surface area contributed by atoms with E-state index in [2.05, 4.69) is 10.1 Å². The number of aliphatic hydroxyl groups is 1. The summed E-state index contributed by atoms with van der Waals surface area (Å²) in [6.45, 7) is 5.14. The van der Waals surface area contributed by atoms with Gasteiger partial charge in [0.1, 0.15) is 5.60 Å². The molecular formula is C13H20FNO3S. The third kappa shape index (κ3) is 4.56. The van der Waals surface area contributed by atoms with E-state index in [1.54, 1.807) is 20.8 Å². The first kappa shape index (κ1) is 16.1. The molecule has 0 amide bonds. The molecule has 0 aliphatic heterocycles. The van der Waals surface area contributed by atoms with Crippen LogP contribution in [0.5, 0.6) is 0 Å². The Kier molecular flexibility index (Phi) is 5.90. The number of carbonyl (C=O) groups is 1. The fourth-order valence-corrected chi connectivity index (χ4v) is 2.35. The summed E-state index contributed by atoms with van der Waals surface area (Å²) in [6.07, 6.45) is -1.74. The Morgan fingerprint density at radius 1 is 1.68 bits per heavy atom. The minimum atomic E-state index is -1.74. The van der Waals surface area contributed by atoms with Crippen molar-refractivity contribution in [3.05, 3.63) is 22.4 Å². The zero-order valence-electron chi connectivity index (χ0n) is 11.4. The zero-order chi connectivity index (χ0) is 14.5. The summed E-state index contributed by atoms with van der Waals surface area (Å²) in [5, 5.41) is 15.0. The van der Waals surface area contributed by atoms with Gasteiger partial charge in [0.15, 0.2) is 0 Å². The van der Waals surface area contributed by atoms with Crippen molar-refractivity contribution in [2.45, 2.75) is 38.6 Å². The zero-order valence-corrected chi connectivity index (χ0v) is 12.2. The van der Waals surface area contributed by atoms with Gasteiger partial charge >= 0.3 is 5.97 Å². The Bertz CT molecular complexity index is 395. The van der Waals surface area contributed by atoms with Crippen molar-refractivity contribution >= 4 is 17.3 Å². The van der Waals surface area contributed by atoms with E-state index in [1.165, 1.54) is 11.3 Å². The van der Waals surface area contributed by atoms with Crippen molar-refractivity contribution in [2.75, 3.05) is 13.2 Å². The summed E-state index contributed by atoms with van der Waals surface area (Å²) in [7, 11) is 0. The van der Waals surface area contributed by atoms with Crippen LogP contribution in [0.25, 0.3) is 0 Å². The minimum Gasteiger partial charge on any atom is -0.464 e. The van der Waals surface area contributed by atoms with Crippen molar-refractivity contribution in [2.24, 2.45) is 0 Å². The highest BCUT2D eigenvalue weighted by Crippen LogP contribution is 2.24. The van der Waals surface area contributed by atoms with Gasteiger partial charge in [-0.05, 0) is 32.2 Å². The summed E-state index contributed by atoms with van der Waals surface area (Å²) in [5.41, 5.74) is -1.09. The molecule has 4 nitrogen and oxygen atoms in total. The number of nitrogens with one attached hydrogen (secondary N) is 1. The summed E-state index contributed by atoms with van der Waals surface area (Å²) < 4.78 is 18.3. The summed E-state index contributed by atoms with van der Waals surface area (Å²) in [4.78, 5) is 12.0. The molecule has 0 aliphatic carbocycles. The average Bonchev–Trinajstić information content (AvgIpc) is 2.90. The van der Waals surface area contributed by atoms with E-state index in [4.69, 9.17) is 0 Å². The first-order valence-corrected chi connectivity index (χ1v) is 7.07. The molecule has 108 valence electrons. The second-order valence-electron chi connectivity index (χ2n) is 4.57. The number of rotatable bonds is 7. The van der Waals surface area contributed by atoms with Crippen LogP contribution in [-0.2, 0) is 15.1 Å². The van der Waals surface area contributed by atoms with E-state index in [0.717, 1.165) is 4.88 Å². The van der Waals surface area contributed by atoms with Gasteiger partial charge in [-0.25, -0.2) is 9.18 Å². The van der Waals surface area contributed by atoms with Crippen molar-refractivity contribution < 1.29 is 19.0 Å². The summed E-state index contributed by atoms with van der Waals surface area (Å²) in [6, 6.07) is 2.94. The molecule has 6 heteroatoms. The van der Waals surface area contributed by atoms with Crippen LogP contribution in [-0.4, -0.2) is 36.4 Å². The number of thiophene rings is 1. The first-order valence-electron chi connectivity index (χ1n) is 6.19. The molecule has 0 radical (unpaired) electrons. The normalized spacial score (nSPS) is 17.5. The van der Waals surface area contributed by atoms with Crippen LogP contribution in [0.4, 0.5) is 4.39 Å². The average molecular weight is 289 g/mol. The number of ether oxygens (including phenoxy) is 1. The highest BCUT2D eigenvalue weighted by molar-refractivity contribution is 7.10. The van der Waals surface area contributed by atoms with Gasteiger partial charge in [0.2, 0.25) is 6.17 Å². The van der Waals surface area contributed by atoms with E-state index in [9.17, 15) is 14.3 Å². The Balaban J connectivity index is 2.49. The molecule has 3 unspecified atom stereocenters. The van der Waals surface area contributed by atoms with Gasteiger partial charge in [-0.3, -0.25) is 0 Å². The number of halogens is 1. The van der Waals surface area contributed by atoms with Gasteiger partial charge in [-0.2, -0.15) is 0 Å². The van der Waals surface area contributed by atoms with Crippen molar-refractivity contribution in [1.82, 2.24) is 5.32 Å². The smallest absolute Gasteiger partial charge is 0.342 e. The maximum atomic E-state index is 13.7. The van der Waals surface area contributed by atoms with Crippen LogP contribution in [0.3, 0.4) is 0 Å². The number of carbonyl (C=O) groups excluding carboxylic acids is 1. The van der Waals surface area contributed by atoms with Crippen LogP contribution in [0.15, 0.2) is 17.5 Å². The molecule has 1 aromatic rings. The molecule has 0 spiro atoms. The van der Waals surface area contributed by atoms with Gasteiger partial charge in [-0.1, -0.05) is 6.07 Å². The van der Waals surface area contributed by atoms with Crippen molar-refractivity contribution in [3.8, 4) is 0 Å². The van der Waals surface area contributed by atoms with E-state index in [1.807, 2.05) is 17.5 Å². The molecule has 1 aromatic heterocycles. The molecule has 0 fully saturated rings. The largest absolute Gasteiger partial charge is 0.464 e. The SMILES string of the molecule is CCOC(=O)C(F)C(C)NCC(C)(O)c1cccs1. The van der Waals surface area contributed by atoms with E-state index in [0.29, 0.717) is 0 Å². The van der Waals surface area contributed by atoms with E-state index >= 15 is 0 Å². The molecule has 3 atom stereocenters. The lowest BCUT2D eigenvalue weighted by Crippen LogP contribution is -2.45. The maximum Gasteiger partial charge on any atom is 0.342 e. The molecule has 0 aliphatic rings. The molecular weight excluding hydrogens is 269 g/mol. The lowest BCUT2D eigenvalue weighted by atomic mass is 10.0. The molecule has 2 N–H and O–H groups in total. The van der Waals surface area contributed by atoms with E-state index < -0.39 is 23.8 Å². The fourth-order valence-electron chi connectivity index (χ4n) is 1.56. The number of alkyl halides is 1. The molecule has 0 saturated carbocycles. The second kappa shape index (κ2) is 6.98. The molecule has 0 aromatic carbocycles. The van der Waals surface area contributed by atoms with Gasteiger partial charge in [0.25, 0.3) is 0 Å². The van der Waals surface area contributed by atoms with Gasteiger partial charge in [-0.15, -0.1) is 11.3 Å². The minimum absolute atomic E-state index is 0.152. The number of hydrogen-bond acceptors (Lipinski definition) is 5. The lowest BCUT2D eigenvalue weighted by Gasteiger charge is -2.25. The Labute approximate surface area is 116 Å². The van der Waals surface area contributed by atoms with Gasteiger partial charge in [0.05, 0.1) is 6.61 Å². The van der Waals surface area contributed by atoms with Crippen LogP contribution >= 0.6 is 11.3 Å². The standard InChI is InChI=1S/C13H20FNO3S/c1-4-18-12(16)11(14)9(2)15-8-13(3,17)10-6-5-7-19-10/h5-7,9,11,15,17H,4,8H2,1-3H3. The molecule has 0 bridgehead atoms. The predicted molar refractivity (Wildman–Crippen MR) is 72.9 cm³/mol. The van der Waals surface area contributed by atoms with Gasteiger partial charge in [0, 0.05) is 17.5 Å².